The summed E-state index contributed by atoms with van der Waals surface area (Å²) in [4.78, 5) is 17.1. The van der Waals surface area contributed by atoms with Crippen LogP contribution in [0.3, 0.4) is 0 Å². The van der Waals surface area contributed by atoms with Crippen LogP contribution in [0.2, 0.25) is 0 Å². The minimum Gasteiger partial charge on any atom is -0.508 e. The lowest BCUT2D eigenvalue weighted by atomic mass is 10.1. The number of phenolic OH excluding ortho intramolecular Hbond substituents is 2. The molecule has 0 spiro atoms. The molecule has 2 rings (SSSR count). The van der Waals surface area contributed by atoms with Gasteiger partial charge in [0, 0.05) is 39.4 Å². The summed E-state index contributed by atoms with van der Waals surface area (Å²) in [5.74, 6) is -0.506. The van der Waals surface area contributed by atoms with Gasteiger partial charge < -0.3 is 35.9 Å². The zero-order valence-corrected chi connectivity index (χ0v) is 22.4. The van der Waals surface area contributed by atoms with Gasteiger partial charge in [-0.25, -0.2) is 4.98 Å². The van der Waals surface area contributed by atoms with Gasteiger partial charge in [0.1, 0.15) is 11.5 Å². The van der Waals surface area contributed by atoms with Gasteiger partial charge in [-0.3, -0.25) is 14.4 Å². The van der Waals surface area contributed by atoms with Gasteiger partial charge >= 0.3 is 7.68 Å². The lowest BCUT2D eigenvalue weighted by molar-refractivity contribution is 0.0996. The van der Waals surface area contributed by atoms with E-state index in [0.29, 0.717) is 12.1 Å². The number of nitrogens with zero attached hydrogens (tertiary/aromatic N) is 4. The monoisotopic (exact) mass is 533 g/mol. The van der Waals surface area contributed by atoms with Crippen LogP contribution in [0.1, 0.15) is 49.9 Å². The highest BCUT2D eigenvalue weighted by Gasteiger charge is 2.14. The van der Waals surface area contributed by atoms with E-state index in [1.165, 1.54) is 29.5 Å². The van der Waals surface area contributed by atoms with Gasteiger partial charge in [-0.15, -0.1) is 5.11 Å². The Morgan fingerprint density at radius 1 is 1.25 bits per heavy atom. The fraction of sp³-hybridized carbons (Fsp3) is 0.524. The third kappa shape index (κ3) is 15.8. The Balaban J connectivity index is 0.000000535. The second-order valence-electron chi connectivity index (χ2n) is 8.26. The zero-order chi connectivity index (χ0) is 28.1. The van der Waals surface area contributed by atoms with Crippen molar-refractivity contribution in [2.24, 2.45) is 16.1 Å². The minimum absolute atomic E-state index is 0.0476. The number of hydrogen-bond donors (Lipinski definition) is 6. The summed E-state index contributed by atoms with van der Waals surface area (Å²) in [6.07, 6.45) is 0.311. The Morgan fingerprint density at radius 3 is 2.19 bits per heavy atom. The topological polar surface area (TPSA) is 199 Å². The molecular formula is C21H37FN7O6P. The van der Waals surface area contributed by atoms with Gasteiger partial charge in [-0.05, 0) is 31.5 Å². The van der Waals surface area contributed by atoms with Gasteiger partial charge in [0.05, 0.1) is 18.5 Å². The van der Waals surface area contributed by atoms with Gasteiger partial charge in [0.2, 0.25) is 5.82 Å². The summed E-state index contributed by atoms with van der Waals surface area (Å²) in [6.45, 7) is 8.57. The molecule has 2 unspecified atom stereocenters. The van der Waals surface area contributed by atoms with Crippen LogP contribution in [-0.4, -0.2) is 75.7 Å². The lowest BCUT2D eigenvalue weighted by Crippen LogP contribution is -2.27. The highest BCUT2D eigenvalue weighted by Crippen LogP contribution is 2.45. The molecule has 1 heterocycles. The predicted octanol–water partition coefficient (Wildman–Crippen LogP) is 3.40. The summed E-state index contributed by atoms with van der Waals surface area (Å²) < 4.78 is 26.4. The number of amides is 1. The van der Waals surface area contributed by atoms with E-state index in [-0.39, 0.29) is 35.2 Å². The number of aromatic nitrogens is 2. The van der Waals surface area contributed by atoms with Gasteiger partial charge in [0.25, 0.3) is 5.91 Å². The molecule has 7 N–H and O–H groups in total. The van der Waals surface area contributed by atoms with Crippen molar-refractivity contribution < 1.29 is 33.4 Å². The number of nitrogens with one attached hydrogen (secondary N) is 2. The zero-order valence-electron chi connectivity index (χ0n) is 21.5. The van der Waals surface area contributed by atoms with E-state index in [1.54, 1.807) is 27.9 Å². The molecule has 1 amide bonds. The number of H-pyrrole nitrogens is 1. The number of primary amides is 1. The standard InChI is InChI=1S/C11H17NO3.C6H10N6O.C4H10FO2P/c1-7(2)12-6-11(15)8-3-9(13)5-10(14)4-8;1-12(2)11-10-6-4(5(7)13)8-3-9-6;1-4(2)7-8(3,5)6/h3-5,7,11-15H,6H2,1-2H3;3H,1-2H3,(H2,7,13)(H,8,9);4H,1-3H3. The average molecular weight is 534 g/mol. The van der Waals surface area contributed by atoms with Crippen molar-refractivity contribution >= 4 is 19.4 Å². The van der Waals surface area contributed by atoms with Gasteiger partial charge in [-0.1, -0.05) is 19.1 Å². The number of aromatic amines is 1. The number of hydrogen-bond acceptors (Lipinski definition) is 10. The van der Waals surface area contributed by atoms with Crippen molar-refractivity contribution in [2.45, 2.75) is 45.9 Å². The molecular weight excluding hydrogens is 496 g/mol. The number of phenols is 2. The first-order valence-electron chi connectivity index (χ1n) is 10.8. The van der Waals surface area contributed by atoms with Crippen LogP contribution in [0.25, 0.3) is 0 Å². The van der Waals surface area contributed by atoms with E-state index in [4.69, 9.17) is 5.73 Å². The van der Waals surface area contributed by atoms with Crippen molar-refractivity contribution in [2.75, 3.05) is 27.3 Å². The molecule has 204 valence electrons. The van der Waals surface area contributed by atoms with Crippen LogP contribution in [-0.2, 0) is 9.09 Å². The second kappa shape index (κ2) is 15.8. The van der Waals surface area contributed by atoms with E-state index >= 15 is 0 Å². The van der Waals surface area contributed by atoms with Crippen LogP contribution in [0.15, 0.2) is 34.9 Å². The normalized spacial score (nSPS) is 13.4. The fourth-order valence-electron chi connectivity index (χ4n) is 2.33. The SMILES string of the molecule is CC(C)NCC(O)c1cc(O)cc(O)c1.CC(C)OP(C)(=O)F.CN(C)N=Nc1nc[nH]c1C(N)=O. The van der Waals surface area contributed by atoms with Crippen molar-refractivity contribution in [1.82, 2.24) is 20.3 Å². The van der Waals surface area contributed by atoms with Gasteiger partial charge in [-0.2, -0.15) is 4.20 Å². The summed E-state index contributed by atoms with van der Waals surface area (Å²) in [5.41, 5.74) is 5.70. The molecule has 1 aromatic carbocycles. The molecule has 15 heteroatoms. The number of halogens is 1. The molecule has 0 aliphatic heterocycles. The number of benzene rings is 1. The Morgan fingerprint density at radius 2 is 1.81 bits per heavy atom. The summed E-state index contributed by atoms with van der Waals surface area (Å²) in [5, 5.41) is 40.1. The van der Waals surface area contributed by atoms with Crippen molar-refractivity contribution in [3.8, 4) is 11.5 Å². The van der Waals surface area contributed by atoms with Crippen molar-refractivity contribution in [3.63, 3.8) is 0 Å². The molecule has 2 atom stereocenters. The molecule has 0 radical (unpaired) electrons. The van der Waals surface area contributed by atoms with E-state index in [0.717, 1.165) is 6.66 Å². The molecule has 0 saturated carbocycles. The molecule has 0 aliphatic carbocycles. The number of carbonyl (C=O) groups excluding carboxylic acids is 1. The number of carbonyl (C=O) groups is 1. The minimum atomic E-state index is -3.72. The van der Waals surface area contributed by atoms with Crippen molar-refractivity contribution in [3.05, 3.63) is 35.8 Å². The van der Waals surface area contributed by atoms with Gasteiger partial charge in [0.15, 0.2) is 5.69 Å². The van der Waals surface area contributed by atoms with Crippen LogP contribution >= 0.6 is 7.68 Å². The summed E-state index contributed by atoms with van der Waals surface area (Å²) in [6, 6.07) is 4.38. The maximum atomic E-state index is 12.0. The Labute approximate surface area is 210 Å². The number of aromatic hydroxyl groups is 2. The third-order valence-corrected chi connectivity index (χ3v) is 4.41. The average Bonchev–Trinajstić information content (AvgIpc) is 3.18. The maximum absolute atomic E-state index is 12.0. The Hall–Kier alpha value is -3.06. The number of rotatable bonds is 9. The van der Waals surface area contributed by atoms with Crippen LogP contribution in [0.4, 0.5) is 10.0 Å². The smallest absolute Gasteiger partial charge is 0.364 e. The van der Waals surface area contributed by atoms with E-state index in [1.807, 2.05) is 13.8 Å². The fourth-order valence-corrected chi connectivity index (χ4v) is 3.08. The molecule has 0 aliphatic rings. The molecule has 1 aromatic heterocycles. The first-order chi connectivity index (χ1) is 16.5. The van der Waals surface area contributed by atoms with E-state index < -0.39 is 19.7 Å². The largest absolute Gasteiger partial charge is 0.508 e. The molecule has 36 heavy (non-hydrogen) atoms. The van der Waals surface area contributed by atoms with E-state index in [2.05, 4.69) is 30.1 Å². The molecule has 0 bridgehead atoms. The summed E-state index contributed by atoms with van der Waals surface area (Å²) >= 11 is 0. The lowest BCUT2D eigenvalue weighted by Gasteiger charge is -2.14. The van der Waals surface area contributed by atoms with E-state index in [9.17, 15) is 28.9 Å². The molecule has 2 aromatic rings. The number of nitrogens with two attached hydrogens (primary N) is 1. The maximum Gasteiger partial charge on any atom is 0.364 e. The van der Waals surface area contributed by atoms with Crippen LogP contribution in [0, 0.1) is 0 Å². The second-order valence-corrected chi connectivity index (χ2v) is 9.97. The highest BCUT2D eigenvalue weighted by molar-refractivity contribution is 7.52. The number of aliphatic hydroxyl groups is 1. The van der Waals surface area contributed by atoms with Crippen LogP contribution in [0.5, 0.6) is 11.5 Å². The molecule has 0 saturated heterocycles. The first-order valence-corrected chi connectivity index (χ1v) is 12.8. The van der Waals surface area contributed by atoms with Crippen molar-refractivity contribution in [1.29, 1.82) is 0 Å². The summed E-state index contributed by atoms with van der Waals surface area (Å²) in [7, 11) is -0.305. The Bertz CT molecular complexity index is 990. The number of aliphatic hydroxyl groups excluding tert-OH is 1. The van der Waals surface area contributed by atoms with Crippen LogP contribution < -0.4 is 11.1 Å². The quantitative estimate of drug-likeness (QED) is 0.159. The highest BCUT2D eigenvalue weighted by atomic mass is 31.2. The predicted molar refractivity (Wildman–Crippen MR) is 134 cm³/mol. The Kier molecular flexibility index (Phi) is 14.5. The first kappa shape index (κ1) is 32.9. The molecule has 13 nitrogen and oxygen atoms in total. The number of imidazole rings is 1. The third-order valence-electron chi connectivity index (χ3n) is 3.61. The molecule has 0 fully saturated rings.